The van der Waals surface area contributed by atoms with E-state index in [1.165, 1.54) is 0 Å². The van der Waals surface area contributed by atoms with Crippen LogP contribution in [-0.4, -0.2) is 10.2 Å². The molecule has 5 heteroatoms. The van der Waals surface area contributed by atoms with Gasteiger partial charge in [0.15, 0.2) is 5.82 Å². The van der Waals surface area contributed by atoms with E-state index in [9.17, 15) is 0 Å². The van der Waals surface area contributed by atoms with Gasteiger partial charge in [0.25, 0.3) is 0 Å². The molecule has 0 bridgehead atoms. The van der Waals surface area contributed by atoms with Crippen molar-refractivity contribution < 1.29 is 0 Å². The van der Waals surface area contributed by atoms with Crippen molar-refractivity contribution in [3.63, 3.8) is 0 Å². The third-order valence-corrected chi connectivity index (χ3v) is 2.93. The zero-order valence-corrected chi connectivity index (χ0v) is 9.68. The summed E-state index contributed by atoms with van der Waals surface area (Å²) in [5.41, 5.74) is 6.64. The highest BCUT2D eigenvalue weighted by molar-refractivity contribution is 14.1. The van der Waals surface area contributed by atoms with Crippen LogP contribution in [-0.2, 0) is 0 Å². The molecule has 0 saturated heterocycles. The number of halogens is 2. The van der Waals surface area contributed by atoms with Crippen LogP contribution in [0.25, 0.3) is 10.9 Å². The maximum atomic E-state index is 5.65. The van der Waals surface area contributed by atoms with E-state index in [-0.39, 0.29) is 0 Å². The number of H-pyrrole nitrogens is 1. The molecule has 1 aromatic carbocycles. The molecule has 2 aromatic rings. The van der Waals surface area contributed by atoms with E-state index in [1.807, 2.05) is 12.1 Å². The second kappa shape index (κ2) is 2.88. The smallest absolute Gasteiger partial charge is 0.153 e. The van der Waals surface area contributed by atoms with E-state index < -0.39 is 0 Å². The van der Waals surface area contributed by atoms with E-state index in [0.29, 0.717) is 5.82 Å². The molecule has 62 valence electrons. The Hall–Kier alpha value is -0.300. The molecule has 1 aromatic heterocycles. The summed E-state index contributed by atoms with van der Waals surface area (Å²) in [4.78, 5) is 0. The van der Waals surface area contributed by atoms with Crippen LogP contribution in [0, 0.1) is 3.57 Å². The van der Waals surface area contributed by atoms with Crippen LogP contribution in [0.5, 0.6) is 0 Å². The molecule has 3 N–H and O–H groups in total. The monoisotopic (exact) mass is 337 g/mol. The Bertz CT molecular complexity index is 437. The molecule has 0 spiro atoms. The third-order valence-electron chi connectivity index (χ3n) is 1.62. The Balaban J connectivity index is 2.92. The number of nitrogens with two attached hydrogens (primary N) is 1. The second-order valence-corrected chi connectivity index (χ2v) is 4.50. The fourth-order valence-corrected chi connectivity index (χ4v) is 2.70. The molecule has 2 rings (SSSR count). The van der Waals surface area contributed by atoms with Crippen LogP contribution in [0.3, 0.4) is 0 Å². The summed E-state index contributed by atoms with van der Waals surface area (Å²) >= 11 is 5.64. The normalized spacial score (nSPS) is 10.8. The SMILES string of the molecule is Nc1n[nH]c2c(I)cc(Br)cc12. The molecule has 1 heterocycles. The Morgan fingerprint density at radius 1 is 1.50 bits per heavy atom. The van der Waals surface area contributed by atoms with Gasteiger partial charge in [0.05, 0.1) is 5.52 Å². The first-order valence-corrected chi connectivity index (χ1v) is 5.14. The maximum Gasteiger partial charge on any atom is 0.153 e. The lowest BCUT2D eigenvalue weighted by molar-refractivity contribution is 1.12. The number of nitrogens with one attached hydrogen (secondary N) is 1. The highest BCUT2D eigenvalue weighted by Gasteiger charge is 2.05. The number of rotatable bonds is 0. The van der Waals surface area contributed by atoms with E-state index in [0.717, 1.165) is 18.9 Å². The summed E-state index contributed by atoms with van der Waals surface area (Å²) in [5, 5.41) is 7.77. The number of anilines is 1. The van der Waals surface area contributed by atoms with Gasteiger partial charge in [-0.3, -0.25) is 5.10 Å². The van der Waals surface area contributed by atoms with E-state index >= 15 is 0 Å². The summed E-state index contributed by atoms with van der Waals surface area (Å²) in [6.07, 6.45) is 0. The average Bonchev–Trinajstić information content (AvgIpc) is 2.33. The van der Waals surface area contributed by atoms with Crippen molar-refractivity contribution >= 4 is 55.2 Å². The summed E-state index contributed by atoms with van der Waals surface area (Å²) in [5.74, 6) is 0.546. The van der Waals surface area contributed by atoms with Crippen molar-refractivity contribution in [3.05, 3.63) is 20.2 Å². The van der Waals surface area contributed by atoms with Crippen molar-refractivity contribution in [1.82, 2.24) is 10.2 Å². The summed E-state index contributed by atoms with van der Waals surface area (Å²) in [6.45, 7) is 0. The molecular formula is C7H5BrIN3. The van der Waals surface area contributed by atoms with Crippen molar-refractivity contribution in [2.75, 3.05) is 5.73 Å². The van der Waals surface area contributed by atoms with Crippen molar-refractivity contribution in [3.8, 4) is 0 Å². The van der Waals surface area contributed by atoms with Gasteiger partial charge in [-0.05, 0) is 34.7 Å². The van der Waals surface area contributed by atoms with Crippen molar-refractivity contribution in [1.29, 1.82) is 0 Å². The third kappa shape index (κ3) is 1.20. The fourth-order valence-electron chi connectivity index (χ4n) is 1.07. The van der Waals surface area contributed by atoms with Crippen LogP contribution < -0.4 is 5.73 Å². The molecule has 3 nitrogen and oxygen atoms in total. The Labute approximate surface area is 91.0 Å². The Morgan fingerprint density at radius 2 is 2.25 bits per heavy atom. The minimum atomic E-state index is 0.546. The van der Waals surface area contributed by atoms with Crippen LogP contribution >= 0.6 is 38.5 Å². The summed E-state index contributed by atoms with van der Waals surface area (Å²) in [6, 6.07) is 3.97. The molecule has 0 saturated carbocycles. The molecule has 0 aliphatic rings. The number of aromatic amines is 1. The molecule has 0 atom stereocenters. The largest absolute Gasteiger partial charge is 0.382 e. The topological polar surface area (TPSA) is 54.7 Å². The van der Waals surface area contributed by atoms with Crippen LogP contribution in [0.1, 0.15) is 0 Å². The quantitative estimate of drug-likeness (QED) is 0.726. The highest BCUT2D eigenvalue weighted by Crippen LogP contribution is 2.26. The number of benzene rings is 1. The Kier molecular flexibility index (Phi) is 1.99. The van der Waals surface area contributed by atoms with E-state index in [1.54, 1.807) is 0 Å². The molecule has 0 fully saturated rings. The molecule has 12 heavy (non-hydrogen) atoms. The number of hydrogen-bond donors (Lipinski definition) is 2. The number of nitrogen functional groups attached to an aromatic ring is 1. The van der Waals surface area contributed by atoms with Crippen LogP contribution in [0.15, 0.2) is 16.6 Å². The molecule has 0 unspecified atom stereocenters. The lowest BCUT2D eigenvalue weighted by Crippen LogP contribution is -1.83. The number of hydrogen-bond acceptors (Lipinski definition) is 2. The van der Waals surface area contributed by atoms with Crippen molar-refractivity contribution in [2.24, 2.45) is 0 Å². The lowest BCUT2D eigenvalue weighted by Gasteiger charge is -1.94. The fraction of sp³-hybridized carbons (Fsp3) is 0. The first-order valence-electron chi connectivity index (χ1n) is 3.27. The second-order valence-electron chi connectivity index (χ2n) is 2.42. The van der Waals surface area contributed by atoms with Gasteiger partial charge in [-0.2, -0.15) is 5.10 Å². The van der Waals surface area contributed by atoms with E-state index in [4.69, 9.17) is 5.73 Å². The molecule has 0 amide bonds. The zero-order valence-electron chi connectivity index (χ0n) is 5.94. The van der Waals surface area contributed by atoms with Gasteiger partial charge < -0.3 is 5.73 Å². The van der Waals surface area contributed by atoms with Gasteiger partial charge in [-0.25, -0.2) is 0 Å². The van der Waals surface area contributed by atoms with Gasteiger partial charge in [-0.1, -0.05) is 15.9 Å². The van der Waals surface area contributed by atoms with Gasteiger partial charge in [0, 0.05) is 13.4 Å². The summed E-state index contributed by atoms with van der Waals surface area (Å²) < 4.78 is 2.13. The summed E-state index contributed by atoms with van der Waals surface area (Å²) in [7, 11) is 0. The molecule has 0 aliphatic carbocycles. The first-order chi connectivity index (χ1) is 5.68. The van der Waals surface area contributed by atoms with Gasteiger partial charge >= 0.3 is 0 Å². The Morgan fingerprint density at radius 3 is 3.00 bits per heavy atom. The predicted octanol–water partition coefficient (Wildman–Crippen LogP) is 2.51. The minimum Gasteiger partial charge on any atom is -0.382 e. The van der Waals surface area contributed by atoms with Crippen LogP contribution in [0.2, 0.25) is 0 Å². The minimum absolute atomic E-state index is 0.546. The highest BCUT2D eigenvalue weighted by atomic mass is 127. The van der Waals surface area contributed by atoms with E-state index in [2.05, 4.69) is 48.7 Å². The molecule has 0 radical (unpaired) electrons. The van der Waals surface area contributed by atoms with Gasteiger partial charge in [-0.15, -0.1) is 0 Å². The first kappa shape index (κ1) is 8.31. The van der Waals surface area contributed by atoms with Gasteiger partial charge in [0.1, 0.15) is 0 Å². The number of nitrogens with zero attached hydrogens (tertiary/aromatic N) is 1. The maximum absolute atomic E-state index is 5.65. The zero-order chi connectivity index (χ0) is 8.72. The van der Waals surface area contributed by atoms with Gasteiger partial charge in [0.2, 0.25) is 0 Å². The predicted molar refractivity (Wildman–Crippen MR) is 60.9 cm³/mol. The van der Waals surface area contributed by atoms with Crippen molar-refractivity contribution in [2.45, 2.75) is 0 Å². The molecular weight excluding hydrogens is 333 g/mol. The average molecular weight is 338 g/mol. The lowest BCUT2D eigenvalue weighted by atomic mass is 10.2. The van der Waals surface area contributed by atoms with Crippen LogP contribution in [0.4, 0.5) is 5.82 Å². The number of aromatic nitrogens is 2. The standard InChI is InChI=1S/C7H5BrIN3/c8-3-1-4-6(5(9)2-3)11-12-7(4)10/h1-2H,(H3,10,11,12). The molecule has 0 aliphatic heterocycles. The number of fused-ring (bicyclic) bond motifs is 1.